The fourth-order valence-electron chi connectivity index (χ4n) is 4.21. The highest BCUT2D eigenvalue weighted by atomic mass is 16.7. The highest BCUT2D eigenvalue weighted by Crippen LogP contribution is 2.34. The third-order valence-electron chi connectivity index (χ3n) is 6.62. The topological polar surface area (TPSA) is 155 Å². The summed E-state index contributed by atoms with van der Waals surface area (Å²) in [6.07, 6.45) is -7.08. The van der Waals surface area contributed by atoms with Gasteiger partial charge in [0.05, 0.1) is 14.2 Å². The Kier molecular flexibility index (Phi) is 9.02. The molecule has 7 atom stereocenters. The van der Waals surface area contributed by atoms with Gasteiger partial charge in [-0.15, -0.1) is 0 Å². The lowest BCUT2D eigenvalue weighted by atomic mass is 9.85. The second kappa shape index (κ2) is 11.8. The number of carbonyl (C=O) groups is 1. The smallest absolute Gasteiger partial charge is 0.335 e. The molecule has 10 heteroatoms. The molecule has 0 radical (unpaired) electrons. The molecule has 1 aliphatic rings. The fraction of sp³-hybridized carbons (Fsp3) is 0.500. The minimum Gasteiger partial charge on any atom is -0.504 e. The van der Waals surface area contributed by atoms with Crippen molar-refractivity contribution in [1.29, 1.82) is 0 Å². The number of aliphatic hydroxyl groups is 3. The summed E-state index contributed by atoms with van der Waals surface area (Å²) >= 11 is 0. The predicted molar refractivity (Wildman–Crippen MR) is 128 cm³/mol. The number of carboxylic acids is 1. The van der Waals surface area contributed by atoms with Crippen LogP contribution in [0.4, 0.5) is 0 Å². The predicted octanol–water partition coefficient (Wildman–Crippen LogP) is 1.74. The number of ether oxygens (including phenoxy) is 4. The van der Waals surface area contributed by atoms with Crippen LogP contribution in [-0.2, 0) is 22.4 Å². The number of hydrogen-bond donors (Lipinski definition) is 5. The van der Waals surface area contributed by atoms with Crippen molar-refractivity contribution in [2.75, 3.05) is 14.2 Å². The van der Waals surface area contributed by atoms with Crippen molar-refractivity contribution in [3.05, 3.63) is 47.5 Å². The van der Waals surface area contributed by atoms with Crippen molar-refractivity contribution in [1.82, 2.24) is 0 Å². The molecule has 0 bridgehead atoms. The summed E-state index contributed by atoms with van der Waals surface area (Å²) < 4.78 is 21.5. The first-order valence-corrected chi connectivity index (χ1v) is 11.7. The van der Waals surface area contributed by atoms with Crippen LogP contribution in [-0.4, -0.2) is 76.4 Å². The number of aliphatic carboxylic acids is 1. The monoisotopic (exact) mass is 506 g/mol. The molecule has 2 aromatic carbocycles. The molecule has 36 heavy (non-hydrogen) atoms. The maximum absolute atomic E-state index is 11.4. The fourth-order valence-corrected chi connectivity index (χ4v) is 4.21. The zero-order valence-corrected chi connectivity index (χ0v) is 20.7. The molecule has 0 aliphatic carbocycles. The van der Waals surface area contributed by atoms with E-state index >= 15 is 0 Å². The highest BCUT2D eigenvalue weighted by Gasteiger charge is 2.48. The largest absolute Gasteiger partial charge is 0.504 e. The van der Waals surface area contributed by atoms with Crippen molar-refractivity contribution in [2.45, 2.75) is 57.4 Å². The van der Waals surface area contributed by atoms with E-state index in [1.807, 2.05) is 18.2 Å². The Morgan fingerprint density at radius 1 is 0.861 bits per heavy atom. The van der Waals surface area contributed by atoms with Gasteiger partial charge in [0.2, 0.25) is 6.29 Å². The van der Waals surface area contributed by atoms with Crippen LogP contribution in [0.5, 0.6) is 23.0 Å². The number of methoxy groups -OCH3 is 2. The number of rotatable bonds is 10. The Labute approximate surface area is 209 Å². The molecule has 2 aromatic rings. The molecular formula is C26H34O10. The highest BCUT2D eigenvalue weighted by molar-refractivity contribution is 5.73. The number of phenols is 1. The Hall–Kier alpha value is -3.05. The van der Waals surface area contributed by atoms with Gasteiger partial charge in [0.15, 0.2) is 29.1 Å². The second-order valence-corrected chi connectivity index (χ2v) is 9.21. The molecule has 3 rings (SSSR count). The van der Waals surface area contributed by atoms with Crippen LogP contribution < -0.4 is 14.2 Å². The first kappa shape index (κ1) is 27.5. The first-order chi connectivity index (χ1) is 17.0. The minimum absolute atomic E-state index is 0.0940. The molecule has 1 aliphatic heterocycles. The summed E-state index contributed by atoms with van der Waals surface area (Å²) in [4.78, 5) is 11.4. The second-order valence-electron chi connectivity index (χ2n) is 9.21. The van der Waals surface area contributed by atoms with Crippen molar-refractivity contribution < 1.29 is 49.3 Å². The number of aromatic hydroxyl groups is 1. The van der Waals surface area contributed by atoms with E-state index in [1.54, 1.807) is 18.2 Å². The minimum atomic E-state index is -1.80. The summed E-state index contributed by atoms with van der Waals surface area (Å²) in [5, 5.41) is 49.3. The summed E-state index contributed by atoms with van der Waals surface area (Å²) in [7, 11) is 2.95. The van der Waals surface area contributed by atoms with Gasteiger partial charge < -0.3 is 44.5 Å². The Morgan fingerprint density at radius 2 is 1.42 bits per heavy atom. The Balaban J connectivity index is 1.73. The van der Waals surface area contributed by atoms with Crippen LogP contribution >= 0.6 is 0 Å². The molecule has 1 fully saturated rings. The van der Waals surface area contributed by atoms with Crippen LogP contribution in [0, 0.1) is 11.8 Å². The van der Waals surface area contributed by atoms with Gasteiger partial charge in [-0.1, -0.05) is 26.0 Å². The van der Waals surface area contributed by atoms with Gasteiger partial charge in [-0.05, 0) is 60.1 Å². The quantitative estimate of drug-likeness (QED) is 0.322. The van der Waals surface area contributed by atoms with Gasteiger partial charge in [0, 0.05) is 0 Å². The van der Waals surface area contributed by atoms with E-state index in [0.29, 0.717) is 17.9 Å². The molecule has 0 spiro atoms. The standard InChI is InChI=1S/C26H34O10/c1-13(9-15-5-7-17(27)19(11-15)34-4)14(2)10-16-6-8-18(33-3)20(12-16)35-26-23(30)21(28)22(29)24(36-26)25(31)32/h5-8,11-14,21-24,26-30H,9-10H2,1-4H3,(H,31,32)/t13-,14+,21-,22-,23+,24-,26+/m0/s1. The van der Waals surface area contributed by atoms with Gasteiger partial charge >= 0.3 is 5.97 Å². The van der Waals surface area contributed by atoms with E-state index < -0.39 is 36.7 Å². The average Bonchev–Trinajstić information content (AvgIpc) is 2.85. The van der Waals surface area contributed by atoms with Crippen LogP contribution in [0.3, 0.4) is 0 Å². The van der Waals surface area contributed by atoms with E-state index in [2.05, 4.69) is 13.8 Å². The van der Waals surface area contributed by atoms with E-state index in [0.717, 1.165) is 17.5 Å². The van der Waals surface area contributed by atoms with Crippen LogP contribution in [0.25, 0.3) is 0 Å². The molecule has 0 unspecified atom stereocenters. The first-order valence-electron chi connectivity index (χ1n) is 11.7. The maximum Gasteiger partial charge on any atom is 0.335 e. The van der Waals surface area contributed by atoms with Gasteiger partial charge in [0.1, 0.15) is 18.3 Å². The lowest BCUT2D eigenvalue weighted by molar-refractivity contribution is -0.271. The van der Waals surface area contributed by atoms with E-state index in [4.69, 9.17) is 18.9 Å². The number of hydrogen-bond acceptors (Lipinski definition) is 9. The molecule has 0 amide bonds. The average molecular weight is 507 g/mol. The SMILES string of the molecule is COc1cc(C[C@H](C)[C@H](C)Cc2ccc(OC)c(O[C@@H]3O[C@H](C(=O)O)[C@@H](O)[C@H](O)[C@H]3O)c2)ccc1O. The number of phenolic OH excluding ortho intramolecular Hbond substituents is 1. The van der Waals surface area contributed by atoms with Crippen molar-refractivity contribution in [2.24, 2.45) is 11.8 Å². The molecule has 1 heterocycles. The molecule has 1 saturated heterocycles. The number of carboxylic acid groups (broad SMARTS) is 1. The van der Waals surface area contributed by atoms with Crippen molar-refractivity contribution in [3.8, 4) is 23.0 Å². The van der Waals surface area contributed by atoms with Crippen molar-refractivity contribution >= 4 is 5.97 Å². The van der Waals surface area contributed by atoms with E-state index in [-0.39, 0.29) is 23.3 Å². The van der Waals surface area contributed by atoms with Crippen molar-refractivity contribution in [3.63, 3.8) is 0 Å². The summed E-state index contributed by atoms with van der Waals surface area (Å²) in [5.41, 5.74) is 1.95. The summed E-state index contributed by atoms with van der Waals surface area (Å²) in [6.45, 7) is 4.26. The lowest BCUT2D eigenvalue weighted by Crippen LogP contribution is -2.61. The van der Waals surface area contributed by atoms with Gasteiger partial charge in [-0.3, -0.25) is 0 Å². The number of benzene rings is 2. The molecule has 0 aromatic heterocycles. The van der Waals surface area contributed by atoms with Crippen LogP contribution in [0.1, 0.15) is 25.0 Å². The van der Waals surface area contributed by atoms with Gasteiger partial charge in [0.25, 0.3) is 0 Å². The van der Waals surface area contributed by atoms with Gasteiger partial charge in [-0.2, -0.15) is 0 Å². The lowest BCUT2D eigenvalue weighted by Gasteiger charge is -2.38. The zero-order chi connectivity index (χ0) is 26.6. The van der Waals surface area contributed by atoms with E-state index in [9.17, 15) is 30.3 Å². The molecule has 5 N–H and O–H groups in total. The van der Waals surface area contributed by atoms with Gasteiger partial charge in [-0.25, -0.2) is 4.79 Å². The van der Waals surface area contributed by atoms with E-state index in [1.165, 1.54) is 14.2 Å². The number of aliphatic hydroxyl groups excluding tert-OH is 3. The molecule has 10 nitrogen and oxygen atoms in total. The molecule has 198 valence electrons. The zero-order valence-electron chi connectivity index (χ0n) is 20.7. The van der Waals surface area contributed by atoms with Crippen LogP contribution in [0.2, 0.25) is 0 Å². The van der Waals surface area contributed by atoms with Crippen LogP contribution in [0.15, 0.2) is 36.4 Å². The third-order valence-corrected chi connectivity index (χ3v) is 6.62. The summed E-state index contributed by atoms with van der Waals surface area (Å²) in [5.74, 6) is 0.0967. The summed E-state index contributed by atoms with van der Waals surface area (Å²) in [6, 6.07) is 10.6. The molecular weight excluding hydrogens is 472 g/mol. The normalized spacial score (nSPS) is 25.6. The Bertz CT molecular complexity index is 1040. The maximum atomic E-state index is 11.4. The molecule has 0 saturated carbocycles. The Morgan fingerprint density at radius 3 is 1.97 bits per heavy atom. The third kappa shape index (κ3) is 6.19.